The van der Waals surface area contributed by atoms with Gasteiger partial charge in [-0.1, -0.05) is 103 Å². The standard InChI is InChI=1S/C53H58N2O7/c1-4-31-59-53-49(55(3)52(58)41-22-21-37-17-9-10-18-39(37)32-41)35-47(54-60-5-2)45-33-40(19-11-13-29-56)44(20-12-14-30-57)50(51(45)53)46-34-43(27-28-48(46)62-53)61-42-25-23-38(24-26-42)36-15-7-6-8-16-36/h4,6-10,15-18,21-28,32-34,40,44,49-51,56-57H,1,5,11-14,19-20,29-31,35H2,2-3H3/t40-,44+,49-,50+,51+,53+/m0/s1. The molecule has 5 aromatic carbocycles. The molecule has 6 atom stereocenters. The smallest absolute Gasteiger partial charge is 0.254 e. The minimum Gasteiger partial charge on any atom is -0.459 e. The number of rotatable bonds is 18. The molecule has 2 N–H and O–H groups in total. The first kappa shape index (κ1) is 42.9. The highest BCUT2D eigenvalue weighted by Crippen LogP contribution is 2.62. The van der Waals surface area contributed by atoms with E-state index in [0.717, 1.165) is 64.4 Å². The van der Waals surface area contributed by atoms with Gasteiger partial charge in [0.2, 0.25) is 5.79 Å². The van der Waals surface area contributed by atoms with Gasteiger partial charge in [0.25, 0.3) is 5.91 Å². The summed E-state index contributed by atoms with van der Waals surface area (Å²) >= 11 is 0. The molecule has 1 amide bonds. The summed E-state index contributed by atoms with van der Waals surface area (Å²) in [5.74, 6) is 0.214. The summed E-state index contributed by atoms with van der Waals surface area (Å²) in [4.78, 5) is 22.4. The van der Waals surface area contributed by atoms with Crippen LogP contribution in [0.25, 0.3) is 21.9 Å². The number of aliphatic hydroxyl groups is 2. The lowest BCUT2D eigenvalue weighted by Gasteiger charge is -2.59. The Morgan fingerprint density at radius 2 is 1.56 bits per heavy atom. The van der Waals surface area contributed by atoms with Crippen molar-refractivity contribution >= 4 is 22.4 Å². The maximum absolute atomic E-state index is 14.8. The van der Waals surface area contributed by atoms with Gasteiger partial charge in [-0.3, -0.25) is 4.79 Å². The number of hydrogen-bond donors (Lipinski definition) is 2. The van der Waals surface area contributed by atoms with Gasteiger partial charge in [-0.05, 0) is 114 Å². The average Bonchev–Trinajstić information content (AvgIpc) is 3.31. The second-order valence-electron chi connectivity index (χ2n) is 16.7. The lowest BCUT2D eigenvalue weighted by Crippen LogP contribution is -2.69. The molecule has 1 fully saturated rings. The van der Waals surface area contributed by atoms with E-state index in [1.54, 1.807) is 11.0 Å². The minimum absolute atomic E-state index is 0.0948. The first-order valence-electron chi connectivity index (χ1n) is 22.2. The summed E-state index contributed by atoms with van der Waals surface area (Å²) in [5, 5.41) is 26.7. The number of likely N-dealkylation sites (N-methyl/N-ethyl adjacent to an activating group) is 1. The van der Waals surface area contributed by atoms with Crippen molar-refractivity contribution in [2.75, 3.05) is 33.5 Å². The van der Waals surface area contributed by atoms with Gasteiger partial charge >= 0.3 is 0 Å². The van der Waals surface area contributed by atoms with Gasteiger partial charge in [-0.25, -0.2) is 0 Å². The number of nitrogens with zero attached hydrogens (tertiary/aromatic N) is 2. The highest BCUT2D eigenvalue weighted by molar-refractivity contribution is 6.04. The Kier molecular flexibility index (Phi) is 13.5. The molecule has 0 bridgehead atoms. The van der Waals surface area contributed by atoms with Crippen LogP contribution in [-0.2, 0) is 9.57 Å². The minimum atomic E-state index is -1.34. The predicted molar refractivity (Wildman–Crippen MR) is 245 cm³/mol. The van der Waals surface area contributed by atoms with Gasteiger partial charge < -0.3 is 34.2 Å². The van der Waals surface area contributed by atoms with Crippen LogP contribution in [0, 0.1) is 17.8 Å². The molecule has 1 saturated carbocycles. The van der Waals surface area contributed by atoms with Crippen molar-refractivity contribution in [2.24, 2.45) is 22.9 Å². The van der Waals surface area contributed by atoms with E-state index in [-0.39, 0.29) is 43.5 Å². The summed E-state index contributed by atoms with van der Waals surface area (Å²) in [6.07, 6.45) is 9.19. The lowest BCUT2D eigenvalue weighted by atomic mass is 9.55. The van der Waals surface area contributed by atoms with Gasteiger partial charge in [0.1, 0.15) is 29.9 Å². The Labute approximate surface area is 365 Å². The molecule has 1 heterocycles. The molecule has 9 heteroatoms. The third kappa shape index (κ3) is 8.67. The Morgan fingerprint density at radius 3 is 2.31 bits per heavy atom. The molecular weight excluding hydrogens is 777 g/mol. The van der Waals surface area contributed by atoms with Gasteiger partial charge in [0.15, 0.2) is 0 Å². The Balaban J connectivity index is 1.27. The van der Waals surface area contributed by atoms with E-state index in [9.17, 15) is 15.0 Å². The van der Waals surface area contributed by atoms with Crippen molar-refractivity contribution in [3.63, 3.8) is 0 Å². The number of carbonyl (C=O) groups excluding carboxylic acids is 1. The zero-order valence-corrected chi connectivity index (χ0v) is 35.8. The number of aliphatic hydroxyl groups excluding tert-OH is 2. The topological polar surface area (TPSA) is 110 Å². The largest absolute Gasteiger partial charge is 0.459 e. The molecule has 62 heavy (non-hydrogen) atoms. The number of fused-ring (bicyclic) bond motifs is 3. The van der Waals surface area contributed by atoms with Crippen LogP contribution in [0.4, 0.5) is 0 Å². The maximum atomic E-state index is 14.8. The molecule has 0 unspecified atom stereocenters. The number of hydrogen-bond acceptors (Lipinski definition) is 8. The number of oxime groups is 1. The van der Waals surface area contributed by atoms with E-state index in [1.165, 1.54) is 0 Å². The van der Waals surface area contributed by atoms with Gasteiger partial charge in [-0.15, -0.1) is 6.58 Å². The van der Waals surface area contributed by atoms with Crippen LogP contribution >= 0.6 is 0 Å². The Hall–Kier alpha value is -5.74. The quantitative estimate of drug-likeness (QED) is 0.0514. The normalized spacial score (nSPS) is 23.1. The number of amides is 1. The molecule has 0 radical (unpaired) electrons. The first-order chi connectivity index (χ1) is 30.4. The number of carbonyl (C=O) groups is 1. The van der Waals surface area contributed by atoms with Crippen LogP contribution < -0.4 is 9.47 Å². The molecule has 0 spiro atoms. The van der Waals surface area contributed by atoms with Crippen molar-refractivity contribution in [3.8, 4) is 28.4 Å². The predicted octanol–water partition coefficient (Wildman–Crippen LogP) is 10.7. The summed E-state index contributed by atoms with van der Waals surface area (Å²) < 4.78 is 21.0. The van der Waals surface area contributed by atoms with Crippen molar-refractivity contribution in [1.82, 2.24) is 4.90 Å². The fourth-order valence-corrected chi connectivity index (χ4v) is 10.1. The van der Waals surface area contributed by atoms with Crippen LogP contribution in [0.5, 0.6) is 17.2 Å². The zero-order valence-electron chi connectivity index (χ0n) is 35.8. The SMILES string of the molecule is C=CCO[C@@]12Oc3ccc(Oc4ccc(-c5ccccc5)cc4)cc3[C@H]3[C@H](CCCCO)[C@@H](CCCCO)C=C(C(=NOCC)C[C@@H]1N(C)C(=O)c1ccc4ccccc4c1)[C@H]32. The van der Waals surface area contributed by atoms with Crippen molar-refractivity contribution in [3.05, 3.63) is 151 Å². The summed E-state index contributed by atoms with van der Waals surface area (Å²) in [7, 11) is 1.83. The van der Waals surface area contributed by atoms with E-state index in [1.807, 2.05) is 98.9 Å². The molecule has 2 aliphatic carbocycles. The van der Waals surface area contributed by atoms with Crippen LogP contribution in [0.2, 0.25) is 0 Å². The molecule has 322 valence electrons. The molecular formula is C53H58N2O7. The second kappa shape index (κ2) is 19.5. The third-order valence-corrected chi connectivity index (χ3v) is 12.9. The monoisotopic (exact) mass is 834 g/mol. The Morgan fingerprint density at radius 1 is 0.855 bits per heavy atom. The van der Waals surface area contributed by atoms with Crippen LogP contribution in [0.1, 0.15) is 73.7 Å². The number of benzene rings is 5. The molecule has 3 aliphatic rings. The van der Waals surface area contributed by atoms with Gasteiger partial charge in [0, 0.05) is 43.7 Å². The highest BCUT2D eigenvalue weighted by atomic mass is 16.7. The van der Waals surface area contributed by atoms with Crippen LogP contribution in [0.3, 0.4) is 0 Å². The van der Waals surface area contributed by atoms with Crippen molar-refractivity contribution in [2.45, 2.75) is 69.6 Å². The first-order valence-corrected chi connectivity index (χ1v) is 22.2. The van der Waals surface area contributed by atoms with Gasteiger partial charge in [0.05, 0.1) is 18.2 Å². The van der Waals surface area contributed by atoms with Crippen molar-refractivity contribution in [1.29, 1.82) is 0 Å². The fraction of sp³-hybridized carbons (Fsp3) is 0.358. The third-order valence-electron chi connectivity index (χ3n) is 12.9. The maximum Gasteiger partial charge on any atom is 0.254 e. The summed E-state index contributed by atoms with van der Waals surface area (Å²) in [5.41, 5.74) is 5.57. The summed E-state index contributed by atoms with van der Waals surface area (Å²) in [6, 6.07) is 37.7. The van der Waals surface area contributed by atoms with E-state index >= 15 is 0 Å². The van der Waals surface area contributed by atoms with E-state index in [2.05, 4.69) is 43.0 Å². The molecule has 5 aromatic rings. The van der Waals surface area contributed by atoms with Gasteiger partial charge in [-0.2, -0.15) is 0 Å². The van der Waals surface area contributed by atoms with E-state index in [0.29, 0.717) is 48.7 Å². The van der Waals surface area contributed by atoms with E-state index in [4.69, 9.17) is 24.2 Å². The lowest BCUT2D eigenvalue weighted by molar-refractivity contribution is -0.252. The zero-order chi connectivity index (χ0) is 43.1. The van der Waals surface area contributed by atoms with E-state index < -0.39 is 17.7 Å². The molecule has 0 aromatic heterocycles. The molecule has 9 nitrogen and oxygen atoms in total. The Bertz CT molecular complexity index is 2390. The van der Waals surface area contributed by atoms with Crippen LogP contribution in [0.15, 0.2) is 145 Å². The number of unbranched alkanes of at least 4 members (excludes halogenated alkanes) is 2. The molecule has 8 rings (SSSR count). The number of ether oxygens (including phenoxy) is 3. The second-order valence-corrected chi connectivity index (χ2v) is 16.7. The summed E-state index contributed by atoms with van der Waals surface area (Å²) in [6.45, 7) is 6.77. The molecule has 0 saturated heterocycles. The fourth-order valence-electron chi connectivity index (χ4n) is 10.1. The van der Waals surface area contributed by atoms with Crippen molar-refractivity contribution < 1.29 is 34.1 Å². The average molecular weight is 835 g/mol. The number of allylic oxidation sites excluding steroid dienone is 1. The van der Waals surface area contributed by atoms with Crippen LogP contribution in [-0.4, -0.2) is 72.0 Å². The molecule has 1 aliphatic heterocycles. The highest BCUT2D eigenvalue weighted by Gasteiger charge is 2.65.